The van der Waals surface area contributed by atoms with Gasteiger partial charge in [-0.05, 0) is 37.8 Å². The Morgan fingerprint density at radius 3 is 2.50 bits per heavy atom. The van der Waals surface area contributed by atoms with Gasteiger partial charge in [-0.3, -0.25) is 4.79 Å². The highest BCUT2D eigenvalue weighted by molar-refractivity contribution is 6.17. The highest BCUT2D eigenvalue weighted by Crippen LogP contribution is 2.23. The maximum atomic E-state index is 13.2. The van der Waals surface area contributed by atoms with Crippen LogP contribution in [0.5, 0.6) is 0 Å². The van der Waals surface area contributed by atoms with Crippen LogP contribution in [0.2, 0.25) is 0 Å². The largest absolute Gasteiger partial charge is 0.336 e. The zero-order valence-corrected chi connectivity index (χ0v) is 11.6. The van der Waals surface area contributed by atoms with Crippen molar-refractivity contribution in [1.29, 1.82) is 0 Å². The third-order valence-corrected chi connectivity index (χ3v) is 3.78. The number of alkyl halides is 1. The molecule has 1 heterocycles. The summed E-state index contributed by atoms with van der Waals surface area (Å²) in [7, 11) is 0. The van der Waals surface area contributed by atoms with Crippen molar-refractivity contribution in [2.75, 3.05) is 12.4 Å². The molecule has 0 saturated carbocycles. The van der Waals surface area contributed by atoms with Gasteiger partial charge in [-0.25, -0.2) is 13.2 Å². The Labute approximate surface area is 120 Å². The van der Waals surface area contributed by atoms with Gasteiger partial charge in [-0.1, -0.05) is 0 Å². The predicted molar refractivity (Wildman–Crippen MR) is 70.3 cm³/mol. The van der Waals surface area contributed by atoms with Crippen LogP contribution in [0.25, 0.3) is 0 Å². The van der Waals surface area contributed by atoms with Crippen LogP contribution < -0.4 is 0 Å². The lowest BCUT2D eigenvalue weighted by molar-refractivity contribution is 0.0608. The number of halogens is 4. The summed E-state index contributed by atoms with van der Waals surface area (Å²) in [5, 5.41) is 0. The van der Waals surface area contributed by atoms with Gasteiger partial charge in [-0.2, -0.15) is 0 Å². The Morgan fingerprint density at radius 2 is 1.90 bits per heavy atom. The summed E-state index contributed by atoms with van der Waals surface area (Å²) in [4.78, 5) is 13.9. The minimum absolute atomic E-state index is 0.0232. The average molecular weight is 306 g/mol. The summed E-state index contributed by atoms with van der Waals surface area (Å²) < 4.78 is 39.3. The second-order valence-corrected chi connectivity index (χ2v) is 5.26. The first-order chi connectivity index (χ1) is 9.54. The molecule has 1 aliphatic heterocycles. The Balaban J connectivity index is 2.25. The van der Waals surface area contributed by atoms with Crippen LogP contribution in [0, 0.1) is 17.5 Å². The van der Waals surface area contributed by atoms with Gasteiger partial charge in [0, 0.05) is 24.0 Å². The zero-order valence-electron chi connectivity index (χ0n) is 10.8. The Morgan fingerprint density at radius 1 is 1.25 bits per heavy atom. The molecule has 6 heteroatoms. The van der Waals surface area contributed by atoms with E-state index >= 15 is 0 Å². The SMILES string of the molecule is O=C(c1cc(F)c(F)c(F)c1)N1CCCCC1CCCl. The highest BCUT2D eigenvalue weighted by atomic mass is 35.5. The fourth-order valence-corrected chi connectivity index (χ4v) is 2.79. The summed E-state index contributed by atoms with van der Waals surface area (Å²) in [6.45, 7) is 0.529. The van der Waals surface area contributed by atoms with E-state index in [0.29, 0.717) is 18.8 Å². The lowest BCUT2D eigenvalue weighted by Crippen LogP contribution is -2.44. The highest BCUT2D eigenvalue weighted by Gasteiger charge is 2.28. The Kier molecular flexibility index (Phi) is 4.91. The number of piperidine rings is 1. The average Bonchev–Trinajstić information content (AvgIpc) is 2.44. The number of likely N-dealkylation sites (tertiary alicyclic amines) is 1. The van der Waals surface area contributed by atoms with Crippen LogP contribution in [0.1, 0.15) is 36.0 Å². The fourth-order valence-electron chi connectivity index (χ4n) is 2.54. The molecule has 1 aromatic carbocycles. The topological polar surface area (TPSA) is 20.3 Å². The molecule has 2 rings (SSSR count). The first-order valence-corrected chi connectivity index (χ1v) is 7.09. The number of carbonyl (C=O) groups excluding carboxylic acids is 1. The van der Waals surface area contributed by atoms with Crippen LogP contribution in [-0.4, -0.2) is 29.3 Å². The molecule has 0 aromatic heterocycles. The smallest absolute Gasteiger partial charge is 0.254 e. The zero-order chi connectivity index (χ0) is 14.7. The second-order valence-electron chi connectivity index (χ2n) is 4.88. The van der Waals surface area contributed by atoms with Crippen molar-refractivity contribution in [3.63, 3.8) is 0 Å². The quantitative estimate of drug-likeness (QED) is 0.615. The fraction of sp³-hybridized carbons (Fsp3) is 0.500. The molecular weight excluding hydrogens is 291 g/mol. The van der Waals surface area contributed by atoms with E-state index in [-0.39, 0.29) is 11.6 Å². The third kappa shape index (κ3) is 3.08. The van der Waals surface area contributed by atoms with Crippen LogP contribution in [0.3, 0.4) is 0 Å². The maximum absolute atomic E-state index is 13.2. The van der Waals surface area contributed by atoms with E-state index in [4.69, 9.17) is 11.6 Å². The van der Waals surface area contributed by atoms with E-state index < -0.39 is 23.4 Å². The molecule has 1 amide bonds. The van der Waals surface area contributed by atoms with Crippen molar-refractivity contribution in [3.05, 3.63) is 35.1 Å². The standard InChI is InChI=1S/C14H15ClF3NO/c15-5-4-10-3-1-2-6-19(10)14(20)9-7-11(16)13(18)12(17)8-9/h7-8,10H,1-6H2. The summed E-state index contributed by atoms with van der Waals surface area (Å²) in [5.41, 5.74) is -0.164. The molecule has 2 nitrogen and oxygen atoms in total. The van der Waals surface area contributed by atoms with Crippen molar-refractivity contribution in [2.45, 2.75) is 31.7 Å². The number of carbonyl (C=O) groups is 1. The predicted octanol–water partition coefficient (Wildman–Crippen LogP) is 3.73. The summed E-state index contributed by atoms with van der Waals surface area (Å²) in [6, 6.07) is 1.46. The van der Waals surface area contributed by atoms with E-state index in [9.17, 15) is 18.0 Å². The number of hydrogen-bond acceptors (Lipinski definition) is 1. The summed E-state index contributed by atoms with van der Waals surface area (Å²) in [5.74, 6) is -4.31. The number of rotatable bonds is 3. The van der Waals surface area contributed by atoms with E-state index in [1.54, 1.807) is 4.90 Å². The molecule has 110 valence electrons. The Hall–Kier alpha value is -1.23. The Bertz CT molecular complexity index is 484. The molecule has 20 heavy (non-hydrogen) atoms. The van der Waals surface area contributed by atoms with Crippen LogP contribution >= 0.6 is 11.6 Å². The molecule has 1 aliphatic rings. The summed E-state index contributed by atoms with van der Waals surface area (Å²) >= 11 is 5.71. The number of amides is 1. The van der Waals surface area contributed by atoms with Crippen molar-refractivity contribution < 1.29 is 18.0 Å². The monoisotopic (exact) mass is 305 g/mol. The van der Waals surface area contributed by atoms with Gasteiger partial charge >= 0.3 is 0 Å². The van der Waals surface area contributed by atoms with Gasteiger partial charge in [0.15, 0.2) is 17.5 Å². The van der Waals surface area contributed by atoms with Gasteiger partial charge in [-0.15, -0.1) is 11.6 Å². The van der Waals surface area contributed by atoms with Crippen LogP contribution in [0.4, 0.5) is 13.2 Å². The molecule has 0 aliphatic carbocycles. The van der Waals surface area contributed by atoms with E-state index in [1.807, 2.05) is 0 Å². The third-order valence-electron chi connectivity index (χ3n) is 3.56. The minimum Gasteiger partial charge on any atom is -0.336 e. The first-order valence-electron chi connectivity index (χ1n) is 6.56. The van der Waals surface area contributed by atoms with E-state index in [1.165, 1.54) is 0 Å². The van der Waals surface area contributed by atoms with Crippen molar-refractivity contribution in [1.82, 2.24) is 4.90 Å². The number of hydrogen-bond donors (Lipinski definition) is 0. The van der Waals surface area contributed by atoms with Gasteiger partial charge in [0.1, 0.15) is 0 Å². The molecule has 1 fully saturated rings. The molecular formula is C14H15ClF3NO. The van der Waals surface area contributed by atoms with Crippen LogP contribution in [0.15, 0.2) is 12.1 Å². The first kappa shape index (κ1) is 15.2. The molecule has 1 unspecified atom stereocenters. The van der Waals surface area contributed by atoms with E-state index in [2.05, 4.69) is 0 Å². The molecule has 0 N–H and O–H groups in total. The van der Waals surface area contributed by atoms with Crippen molar-refractivity contribution >= 4 is 17.5 Å². The van der Waals surface area contributed by atoms with Gasteiger partial charge in [0.05, 0.1) is 0 Å². The molecule has 0 bridgehead atoms. The lowest BCUT2D eigenvalue weighted by Gasteiger charge is -2.35. The minimum atomic E-state index is -1.56. The lowest BCUT2D eigenvalue weighted by atomic mass is 9.98. The number of nitrogens with zero attached hydrogens (tertiary/aromatic N) is 1. The molecule has 0 spiro atoms. The van der Waals surface area contributed by atoms with Crippen molar-refractivity contribution in [2.24, 2.45) is 0 Å². The normalized spacial score (nSPS) is 19.2. The second kappa shape index (κ2) is 6.48. The van der Waals surface area contributed by atoms with Gasteiger partial charge in [0.2, 0.25) is 0 Å². The van der Waals surface area contributed by atoms with Gasteiger partial charge in [0.25, 0.3) is 5.91 Å². The van der Waals surface area contributed by atoms with Crippen LogP contribution in [-0.2, 0) is 0 Å². The maximum Gasteiger partial charge on any atom is 0.254 e. The molecule has 0 radical (unpaired) electrons. The molecule has 1 aromatic rings. The van der Waals surface area contributed by atoms with Crippen molar-refractivity contribution in [3.8, 4) is 0 Å². The summed E-state index contributed by atoms with van der Waals surface area (Å²) in [6.07, 6.45) is 3.30. The van der Waals surface area contributed by atoms with Gasteiger partial charge < -0.3 is 4.90 Å². The van der Waals surface area contributed by atoms with E-state index in [0.717, 1.165) is 31.4 Å². The molecule has 1 saturated heterocycles. The molecule has 1 atom stereocenters. The number of benzene rings is 1.